The van der Waals surface area contributed by atoms with Crippen LogP contribution in [0.2, 0.25) is 20.1 Å². The molecule has 9 heteroatoms. The maximum Gasteiger partial charge on any atom is 0.306 e. The van der Waals surface area contributed by atoms with Crippen LogP contribution in [0.4, 0.5) is 11.4 Å². The molecule has 0 fully saturated rings. The fourth-order valence-electron chi connectivity index (χ4n) is 2.96. The first-order valence-electron chi connectivity index (χ1n) is 10.3. The van der Waals surface area contributed by atoms with E-state index >= 15 is 0 Å². The van der Waals surface area contributed by atoms with Crippen molar-refractivity contribution in [1.82, 2.24) is 0 Å². The standard InChI is InChI=1S/C25H20Cl4N2O3/c1-2-34-24(32)8-5-15-11-22(30-13-16-3-6-18(26)20(28)9-16)25(33)23(12-15)31-14-17-4-7-19(27)21(29)10-17/h3-4,6-7,9-14,33H,2,5,8H2,1H3. The molecule has 0 saturated heterocycles. The number of benzene rings is 3. The van der Waals surface area contributed by atoms with Crippen LogP contribution in [0, 0.1) is 0 Å². The van der Waals surface area contributed by atoms with Crippen molar-refractivity contribution in [3.8, 4) is 5.75 Å². The first-order chi connectivity index (χ1) is 16.3. The Bertz CT molecular complexity index is 1180. The zero-order valence-electron chi connectivity index (χ0n) is 18.1. The van der Waals surface area contributed by atoms with Crippen molar-refractivity contribution >= 4 is 76.2 Å². The number of rotatable bonds is 8. The molecule has 3 aromatic rings. The van der Waals surface area contributed by atoms with Crippen molar-refractivity contribution in [2.24, 2.45) is 9.98 Å². The highest BCUT2D eigenvalue weighted by Gasteiger charge is 2.11. The first-order valence-corrected chi connectivity index (χ1v) is 11.8. The first kappa shape index (κ1) is 26.0. The molecule has 0 amide bonds. The van der Waals surface area contributed by atoms with Crippen LogP contribution in [0.25, 0.3) is 0 Å². The number of hydrogen-bond donors (Lipinski definition) is 1. The summed E-state index contributed by atoms with van der Waals surface area (Å²) in [5, 5.41) is 12.5. The van der Waals surface area contributed by atoms with Crippen LogP contribution in [0.5, 0.6) is 5.75 Å². The molecule has 0 spiro atoms. The number of aromatic hydroxyl groups is 1. The van der Waals surface area contributed by atoms with Crippen LogP contribution in [-0.2, 0) is 16.0 Å². The molecular weight excluding hydrogens is 518 g/mol. The van der Waals surface area contributed by atoms with Crippen molar-refractivity contribution in [1.29, 1.82) is 0 Å². The molecule has 0 atom stereocenters. The number of carbonyl (C=O) groups excluding carboxylic acids is 1. The van der Waals surface area contributed by atoms with Crippen LogP contribution >= 0.6 is 46.4 Å². The minimum Gasteiger partial charge on any atom is -0.504 e. The summed E-state index contributed by atoms with van der Waals surface area (Å²) in [7, 11) is 0. The molecule has 0 aliphatic rings. The van der Waals surface area contributed by atoms with Gasteiger partial charge in [0.15, 0.2) is 5.75 Å². The molecule has 34 heavy (non-hydrogen) atoms. The Morgan fingerprint density at radius 2 is 1.35 bits per heavy atom. The van der Waals surface area contributed by atoms with Gasteiger partial charge in [-0.25, -0.2) is 0 Å². The third-order valence-electron chi connectivity index (χ3n) is 4.65. The van der Waals surface area contributed by atoms with Crippen LogP contribution < -0.4 is 0 Å². The lowest BCUT2D eigenvalue weighted by molar-refractivity contribution is -0.143. The Balaban J connectivity index is 1.95. The molecule has 176 valence electrons. The maximum atomic E-state index is 11.8. The van der Waals surface area contributed by atoms with Crippen LogP contribution in [0.15, 0.2) is 58.5 Å². The highest BCUT2D eigenvalue weighted by Crippen LogP contribution is 2.38. The maximum absolute atomic E-state index is 11.8. The molecule has 0 radical (unpaired) electrons. The van der Waals surface area contributed by atoms with Crippen molar-refractivity contribution < 1.29 is 14.6 Å². The van der Waals surface area contributed by atoms with Crippen molar-refractivity contribution in [2.75, 3.05) is 6.61 Å². The van der Waals surface area contributed by atoms with E-state index in [4.69, 9.17) is 51.1 Å². The minimum atomic E-state index is -0.308. The fourth-order valence-corrected chi connectivity index (χ4v) is 3.57. The average molecular weight is 538 g/mol. The topological polar surface area (TPSA) is 71.2 Å². The van der Waals surface area contributed by atoms with E-state index in [1.807, 2.05) is 0 Å². The highest BCUT2D eigenvalue weighted by atomic mass is 35.5. The number of phenols is 1. The number of esters is 1. The molecule has 0 unspecified atom stereocenters. The molecule has 3 aromatic carbocycles. The Labute approximate surface area is 217 Å². The van der Waals surface area contributed by atoms with Gasteiger partial charge >= 0.3 is 5.97 Å². The van der Waals surface area contributed by atoms with Crippen LogP contribution in [0.3, 0.4) is 0 Å². The number of aliphatic imine (C=N–C) groups is 2. The van der Waals surface area contributed by atoms with E-state index in [0.29, 0.717) is 44.2 Å². The smallest absolute Gasteiger partial charge is 0.306 e. The van der Waals surface area contributed by atoms with Crippen molar-refractivity contribution in [2.45, 2.75) is 19.8 Å². The lowest BCUT2D eigenvalue weighted by atomic mass is 10.1. The third-order valence-corrected chi connectivity index (χ3v) is 6.12. The zero-order chi connectivity index (χ0) is 24.7. The van der Waals surface area contributed by atoms with Gasteiger partial charge in [0.1, 0.15) is 11.4 Å². The molecule has 5 nitrogen and oxygen atoms in total. The minimum absolute atomic E-state index is 0.118. The lowest BCUT2D eigenvalue weighted by Gasteiger charge is -2.08. The molecular formula is C25H20Cl4N2O3. The van der Waals surface area contributed by atoms with Crippen LogP contribution in [-0.4, -0.2) is 30.1 Å². The number of halogens is 4. The Hall–Kier alpha value is -2.57. The van der Waals surface area contributed by atoms with E-state index in [2.05, 4.69) is 9.98 Å². The van der Waals surface area contributed by atoms with E-state index in [9.17, 15) is 9.90 Å². The summed E-state index contributed by atoms with van der Waals surface area (Å²) in [6.45, 7) is 2.07. The van der Waals surface area contributed by atoms with E-state index in [0.717, 1.165) is 5.56 Å². The van der Waals surface area contributed by atoms with E-state index in [-0.39, 0.29) is 29.5 Å². The van der Waals surface area contributed by atoms with Crippen molar-refractivity contribution in [3.05, 3.63) is 85.3 Å². The van der Waals surface area contributed by atoms with Gasteiger partial charge in [-0.15, -0.1) is 0 Å². The molecule has 0 aliphatic heterocycles. The largest absolute Gasteiger partial charge is 0.504 e. The monoisotopic (exact) mass is 536 g/mol. The van der Waals surface area contributed by atoms with Crippen molar-refractivity contribution in [3.63, 3.8) is 0 Å². The van der Waals surface area contributed by atoms with Gasteiger partial charge in [0.05, 0.1) is 26.7 Å². The van der Waals surface area contributed by atoms with E-state index < -0.39 is 0 Å². The molecule has 1 N–H and O–H groups in total. The van der Waals surface area contributed by atoms with E-state index in [1.165, 1.54) is 0 Å². The summed E-state index contributed by atoms with van der Waals surface area (Å²) in [4.78, 5) is 20.6. The average Bonchev–Trinajstić information content (AvgIpc) is 2.81. The van der Waals surface area contributed by atoms with Gasteiger partial charge in [-0.3, -0.25) is 14.8 Å². The molecule has 3 rings (SSSR count). The highest BCUT2D eigenvalue weighted by molar-refractivity contribution is 6.42. The third kappa shape index (κ3) is 7.21. The van der Waals surface area contributed by atoms with Gasteiger partial charge in [-0.05, 0) is 66.4 Å². The van der Waals surface area contributed by atoms with Gasteiger partial charge in [-0.1, -0.05) is 58.5 Å². The van der Waals surface area contributed by atoms with Gasteiger partial charge in [-0.2, -0.15) is 0 Å². The molecule has 0 bridgehead atoms. The second-order valence-corrected chi connectivity index (χ2v) is 8.78. The Morgan fingerprint density at radius 1 is 0.853 bits per heavy atom. The number of ether oxygens (including phenoxy) is 1. The second kappa shape index (κ2) is 12.2. The fraction of sp³-hybridized carbons (Fsp3) is 0.160. The van der Waals surface area contributed by atoms with E-state index in [1.54, 1.807) is 67.9 Å². The Kier molecular flexibility index (Phi) is 9.36. The number of phenolic OH excluding ortho intramolecular Hbond substituents is 1. The molecule has 0 heterocycles. The predicted octanol–water partition coefficient (Wildman–Crippen LogP) is 8.00. The predicted molar refractivity (Wildman–Crippen MR) is 140 cm³/mol. The van der Waals surface area contributed by atoms with Gasteiger partial charge < -0.3 is 9.84 Å². The molecule has 0 saturated carbocycles. The van der Waals surface area contributed by atoms with Gasteiger partial charge in [0, 0.05) is 18.9 Å². The zero-order valence-corrected chi connectivity index (χ0v) is 21.1. The van der Waals surface area contributed by atoms with Crippen LogP contribution in [0.1, 0.15) is 30.0 Å². The summed E-state index contributed by atoms with van der Waals surface area (Å²) >= 11 is 24.1. The number of nitrogens with zero attached hydrogens (tertiary/aromatic N) is 2. The summed E-state index contributed by atoms with van der Waals surface area (Å²) in [6, 6.07) is 13.5. The summed E-state index contributed by atoms with van der Waals surface area (Å²) in [6.07, 6.45) is 3.69. The SMILES string of the molecule is CCOC(=O)CCc1cc(N=Cc2ccc(Cl)c(Cl)c2)c(O)c(N=Cc2ccc(Cl)c(Cl)c2)c1. The number of carbonyl (C=O) groups is 1. The molecule has 0 aromatic heterocycles. The summed E-state index contributed by atoms with van der Waals surface area (Å²) in [5.74, 6) is -0.426. The number of hydrogen-bond acceptors (Lipinski definition) is 5. The summed E-state index contributed by atoms with van der Waals surface area (Å²) < 4.78 is 5.01. The lowest BCUT2D eigenvalue weighted by Crippen LogP contribution is -2.05. The summed E-state index contributed by atoms with van der Waals surface area (Å²) in [5.41, 5.74) is 2.73. The number of aryl methyl sites for hydroxylation is 1. The second-order valence-electron chi connectivity index (χ2n) is 7.15. The van der Waals surface area contributed by atoms with Gasteiger partial charge in [0.2, 0.25) is 0 Å². The van der Waals surface area contributed by atoms with Gasteiger partial charge in [0.25, 0.3) is 0 Å². The molecule has 0 aliphatic carbocycles. The quantitative estimate of drug-likeness (QED) is 0.233. The Morgan fingerprint density at radius 3 is 1.79 bits per heavy atom. The normalized spacial score (nSPS) is 11.4.